The molecule has 7 rings (SSSR count). The largest absolute Gasteiger partial charge is 0.252 e. The first kappa shape index (κ1) is 19.3. The van der Waals surface area contributed by atoms with Crippen molar-refractivity contribution in [1.29, 1.82) is 0 Å². The lowest BCUT2D eigenvalue weighted by molar-refractivity contribution is 1.39. The van der Waals surface area contributed by atoms with Gasteiger partial charge in [0.2, 0.25) is 0 Å². The predicted octanol–water partition coefficient (Wildman–Crippen LogP) is 5.55. The van der Waals surface area contributed by atoms with Crippen LogP contribution in [-0.4, -0.2) is 32.8 Å². The molecule has 160 valence electrons. The maximum atomic E-state index is 4.89. The Morgan fingerprint density at radius 1 is 0.500 bits per heavy atom. The van der Waals surface area contributed by atoms with E-state index in [1.54, 1.807) is 22.7 Å². The second-order valence-electron chi connectivity index (χ2n) is 7.79. The molecule has 6 nitrogen and oxygen atoms in total. The SMILES string of the molecule is C1=CC2=NC1=CC1=NC(=C(c3cncs3)C3=NC(=CC4=NC(=C2c2cncs2)C=C4)C=C3)C=C1. The number of rotatable bonds is 2. The Balaban J connectivity index is 1.46. The van der Waals surface area contributed by atoms with Gasteiger partial charge in [0, 0.05) is 23.5 Å². The van der Waals surface area contributed by atoms with Gasteiger partial charge in [0.15, 0.2) is 0 Å². The number of aliphatic imine (C=N–C) groups is 4. The van der Waals surface area contributed by atoms with E-state index in [9.17, 15) is 0 Å². The number of aromatic nitrogens is 2. The van der Waals surface area contributed by atoms with Crippen molar-refractivity contribution >= 4 is 56.7 Å². The molecule has 0 amide bonds. The third-order valence-electron chi connectivity index (χ3n) is 5.62. The number of nitrogens with zero attached hydrogens (tertiary/aromatic N) is 6. The summed E-state index contributed by atoms with van der Waals surface area (Å²) in [4.78, 5) is 30.2. The highest BCUT2D eigenvalue weighted by Gasteiger charge is 2.22. The molecule has 2 aromatic heterocycles. The van der Waals surface area contributed by atoms with Crippen LogP contribution in [0.3, 0.4) is 0 Å². The van der Waals surface area contributed by atoms with Gasteiger partial charge in [0.05, 0.1) is 66.4 Å². The second kappa shape index (κ2) is 7.72. The van der Waals surface area contributed by atoms with Gasteiger partial charge in [-0.15, -0.1) is 22.7 Å². The van der Waals surface area contributed by atoms with Crippen LogP contribution in [0.1, 0.15) is 9.75 Å². The van der Waals surface area contributed by atoms with E-state index in [0.29, 0.717) is 0 Å². The van der Waals surface area contributed by atoms with Gasteiger partial charge < -0.3 is 0 Å². The lowest BCUT2D eigenvalue weighted by atomic mass is 10.1. The van der Waals surface area contributed by atoms with E-state index in [0.717, 1.165) is 66.5 Å². The van der Waals surface area contributed by atoms with Crippen LogP contribution in [0.5, 0.6) is 0 Å². The van der Waals surface area contributed by atoms with Crippen molar-refractivity contribution in [2.24, 2.45) is 20.0 Å². The Bertz CT molecular complexity index is 1490. The average Bonchev–Trinajstić information content (AvgIpc) is 3.67. The van der Waals surface area contributed by atoms with Crippen molar-refractivity contribution in [3.8, 4) is 0 Å². The summed E-state index contributed by atoms with van der Waals surface area (Å²) < 4.78 is 0. The molecule has 0 unspecified atom stereocenters. The van der Waals surface area contributed by atoms with Gasteiger partial charge in [0.25, 0.3) is 0 Å². The highest BCUT2D eigenvalue weighted by Crippen LogP contribution is 2.33. The summed E-state index contributed by atoms with van der Waals surface area (Å²) in [6.07, 6.45) is 23.9. The number of hydrogen-bond donors (Lipinski definition) is 0. The minimum Gasteiger partial charge on any atom is -0.252 e. The summed E-state index contributed by atoms with van der Waals surface area (Å²) in [5, 5.41) is 0. The highest BCUT2D eigenvalue weighted by molar-refractivity contribution is 7.11. The van der Waals surface area contributed by atoms with Crippen molar-refractivity contribution < 1.29 is 0 Å². The normalized spacial score (nSPS) is 20.1. The molecular weight excluding hydrogens is 460 g/mol. The molecular formula is C26H14N6S2. The summed E-state index contributed by atoms with van der Waals surface area (Å²) in [6, 6.07) is 0. The fraction of sp³-hybridized carbons (Fsp3) is 0. The van der Waals surface area contributed by atoms with E-state index in [2.05, 4.69) is 9.97 Å². The molecule has 0 atom stereocenters. The van der Waals surface area contributed by atoms with E-state index in [4.69, 9.17) is 20.0 Å². The van der Waals surface area contributed by atoms with Crippen LogP contribution in [0.15, 0.2) is 127 Å². The maximum absolute atomic E-state index is 4.89. The van der Waals surface area contributed by atoms with Crippen molar-refractivity contribution in [1.82, 2.24) is 9.97 Å². The van der Waals surface area contributed by atoms with Gasteiger partial charge in [-0.25, -0.2) is 20.0 Å². The Labute approximate surface area is 203 Å². The third-order valence-corrected chi connectivity index (χ3v) is 7.20. The molecule has 0 radical (unpaired) electrons. The zero-order valence-corrected chi connectivity index (χ0v) is 19.2. The summed E-state index contributed by atoms with van der Waals surface area (Å²) in [7, 11) is 0. The van der Waals surface area contributed by atoms with E-state index in [1.807, 2.05) is 84.2 Å². The smallest absolute Gasteiger partial charge is 0.0798 e. The predicted molar refractivity (Wildman–Crippen MR) is 141 cm³/mol. The van der Waals surface area contributed by atoms with Gasteiger partial charge in [0.1, 0.15) is 0 Å². The molecule has 0 aromatic carbocycles. The average molecular weight is 475 g/mol. The fourth-order valence-electron chi connectivity index (χ4n) is 4.14. The van der Waals surface area contributed by atoms with Gasteiger partial charge in [-0.3, -0.25) is 9.97 Å². The van der Waals surface area contributed by atoms with Gasteiger partial charge >= 0.3 is 0 Å². The monoisotopic (exact) mass is 474 g/mol. The molecule has 2 aromatic rings. The van der Waals surface area contributed by atoms with E-state index < -0.39 is 0 Å². The van der Waals surface area contributed by atoms with Crippen LogP contribution in [0.25, 0.3) is 11.1 Å². The van der Waals surface area contributed by atoms with Crippen molar-refractivity contribution in [2.75, 3.05) is 0 Å². The quantitative estimate of drug-likeness (QED) is 0.573. The van der Waals surface area contributed by atoms with Gasteiger partial charge in [-0.1, -0.05) is 0 Å². The van der Waals surface area contributed by atoms with Crippen LogP contribution in [-0.2, 0) is 0 Å². The van der Waals surface area contributed by atoms with Crippen LogP contribution in [0, 0.1) is 0 Å². The summed E-state index contributed by atoms with van der Waals surface area (Å²) in [5.74, 6) is 0. The lowest BCUT2D eigenvalue weighted by Crippen LogP contribution is -1.99. The summed E-state index contributed by atoms with van der Waals surface area (Å²) in [6.45, 7) is 0. The molecule has 8 heteroatoms. The van der Waals surface area contributed by atoms with Crippen LogP contribution < -0.4 is 0 Å². The van der Waals surface area contributed by atoms with Gasteiger partial charge in [-0.2, -0.15) is 0 Å². The Hall–Kier alpha value is -4.14. The maximum Gasteiger partial charge on any atom is 0.0798 e. The number of thiazole rings is 2. The molecule has 0 saturated carbocycles. The van der Waals surface area contributed by atoms with Crippen molar-refractivity contribution in [3.63, 3.8) is 0 Å². The Morgan fingerprint density at radius 2 is 1.00 bits per heavy atom. The first-order valence-corrected chi connectivity index (χ1v) is 12.3. The van der Waals surface area contributed by atoms with Crippen molar-refractivity contribution in [2.45, 2.75) is 0 Å². The Kier molecular flexibility index (Phi) is 4.39. The number of hydrogen-bond acceptors (Lipinski definition) is 8. The standard InChI is InChI=1S/C26H14N6S2/c1-5-19-25(23-11-27-13-33-23)20-7-3-17(31-20)10-18-4-8-22(32-18)26(24-12-28-14-34-24)21-6-2-16(30-21)9-15(1)29-19/h1-14H. The van der Waals surface area contributed by atoms with E-state index >= 15 is 0 Å². The zero-order chi connectivity index (χ0) is 22.5. The van der Waals surface area contributed by atoms with Crippen LogP contribution >= 0.6 is 22.7 Å². The summed E-state index contributed by atoms with van der Waals surface area (Å²) >= 11 is 3.16. The van der Waals surface area contributed by atoms with E-state index in [-0.39, 0.29) is 0 Å². The molecule has 7 heterocycles. The van der Waals surface area contributed by atoms with E-state index in [1.165, 1.54) is 0 Å². The summed E-state index contributed by atoms with van der Waals surface area (Å²) in [5.41, 5.74) is 12.5. The third kappa shape index (κ3) is 3.32. The molecule has 0 saturated heterocycles. The fourth-order valence-corrected chi connectivity index (χ4v) is 5.51. The second-order valence-corrected chi connectivity index (χ2v) is 9.56. The molecule has 0 spiro atoms. The number of fused-ring (bicyclic) bond motifs is 4. The molecule has 5 aliphatic rings. The topological polar surface area (TPSA) is 75.2 Å². The molecule has 34 heavy (non-hydrogen) atoms. The van der Waals surface area contributed by atoms with Crippen LogP contribution in [0.4, 0.5) is 0 Å². The molecule has 5 aliphatic heterocycles. The molecule has 0 N–H and O–H groups in total. The number of allylic oxidation sites excluding steroid dienone is 12. The molecule has 0 fully saturated rings. The minimum absolute atomic E-state index is 0.847. The zero-order valence-electron chi connectivity index (χ0n) is 17.6. The van der Waals surface area contributed by atoms with Crippen LogP contribution in [0.2, 0.25) is 0 Å². The molecule has 0 aliphatic carbocycles. The highest BCUT2D eigenvalue weighted by atomic mass is 32.1. The van der Waals surface area contributed by atoms with Crippen molar-refractivity contribution in [3.05, 3.63) is 117 Å². The van der Waals surface area contributed by atoms with Gasteiger partial charge in [-0.05, 0) is 60.8 Å². The Morgan fingerprint density at radius 3 is 1.44 bits per heavy atom. The first-order valence-electron chi connectivity index (χ1n) is 10.6. The lowest BCUT2D eigenvalue weighted by Gasteiger charge is -2.06. The minimum atomic E-state index is 0.847. The molecule has 8 bridgehead atoms. The first-order chi connectivity index (χ1) is 16.8.